The third-order valence-electron chi connectivity index (χ3n) is 4.70. The van der Waals surface area contributed by atoms with Crippen molar-refractivity contribution < 1.29 is 9.59 Å². The van der Waals surface area contributed by atoms with Gasteiger partial charge < -0.3 is 10.2 Å². The second-order valence-electron chi connectivity index (χ2n) is 6.17. The first-order valence-corrected chi connectivity index (χ1v) is 8.72. The standard InChI is InChI=1S/C18H24N4O2/c1-3-21(4-2)18(24)16-20-15(14-11-7-8-12-22(14)16)17(23)19-13-9-5-6-10-13/h7-8,11-13H,3-6,9-10H2,1-2H3,(H,19,23). The lowest BCUT2D eigenvalue weighted by Gasteiger charge is -2.17. The molecule has 0 saturated heterocycles. The molecule has 0 unspecified atom stereocenters. The van der Waals surface area contributed by atoms with Crippen LogP contribution in [0.15, 0.2) is 24.4 Å². The van der Waals surface area contributed by atoms with Crippen LogP contribution in [0.25, 0.3) is 5.52 Å². The van der Waals surface area contributed by atoms with Gasteiger partial charge >= 0.3 is 0 Å². The van der Waals surface area contributed by atoms with E-state index < -0.39 is 0 Å². The molecule has 128 valence electrons. The van der Waals surface area contributed by atoms with Crippen LogP contribution in [0.3, 0.4) is 0 Å². The predicted octanol–water partition coefficient (Wildman–Crippen LogP) is 2.49. The number of carbonyl (C=O) groups excluding carboxylic acids is 2. The number of aromatic nitrogens is 2. The highest BCUT2D eigenvalue weighted by Crippen LogP contribution is 2.20. The Morgan fingerprint density at radius 2 is 1.96 bits per heavy atom. The van der Waals surface area contributed by atoms with E-state index >= 15 is 0 Å². The third-order valence-corrected chi connectivity index (χ3v) is 4.70. The minimum Gasteiger partial charge on any atom is -0.348 e. The molecule has 1 aliphatic rings. The number of rotatable bonds is 5. The van der Waals surface area contributed by atoms with E-state index in [0.29, 0.717) is 30.1 Å². The minimum absolute atomic E-state index is 0.152. The number of imidazole rings is 1. The number of fused-ring (bicyclic) bond motifs is 1. The molecular formula is C18H24N4O2. The Balaban J connectivity index is 1.96. The smallest absolute Gasteiger partial charge is 0.290 e. The van der Waals surface area contributed by atoms with E-state index in [1.807, 2.05) is 32.0 Å². The summed E-state index contributed by atoms with van der Waals surface area (Å²) in [6.07, 6.45) is 6.12. The number of hydrogen-bond acceptors (Lipinski definition) is 3. The van der Waals surface area contributed by atoms with Crippen molar-refractivity contribution in [3.05, 3.63) is 35.9 Å². The van der Waals surface area contributed by atoms with Gasteiger partial charge in [0.15, 0.2) is 5.69 Å². The molecule has 24 heavy (non-hydrogen) atoms. The van der Waals surface area contributed by atoms with Crippen LogP contribution < -0.4 is 5.32 Å². The van der Waals surface area contributed by atoms with Crippen LogP contribution in [0.5, 0.6) is 0 Å². The van der Waals surface area contributed by atoms with Gasteiger partial charge in [-0.15, -0.1) is 0 Å². The molecule has 0 aliphatic heterocycles. The van der Waals surface area contributed by atoms with Gasteiger partial charge in [-0.1, -0.05) is 18.9 Å². The maximum Gasteiger partial charge on any atom is 0.290 e. The molecule has 6 heteroatoms. The maximum atomic E-state index is 12.7. The lowest BCUT2D eigenvalue weighted by molar-refractivity contribution is 0.0760. The number of carbonyl (C=O) groups is 2. The van der Waals surface area contributed by atoms with Crippen molar-refractivity contribution in [3.63, 3.8) is 0 Å². The first-order chi connectivity index (χ1) is 11.7. The van der Waals surface area contributed by atoms with E-state index in [0.717, 1.165) is 25.7 Å². The Hall–Kier alpha value is -2.37. The van der Waals surface area contributed by atoms with E-state index in [-0.39, 0.29) is 17.9 Å². The molecule has 3 rings (SSSR count). The number of hydrogen-bond donors (Lipinski definition) is 1. The highest BCUT2D eigenvalue weighted by molar-refractivity contribution is 6.02. The Kier molecular flexibility index (Phi) is 4.83. The quantitative estimate of drug-likeness (QED) is 0.917. The number of nitrogens with zero attached hydrogens (tertiary/aromatic N) is 3. The minimum atomic E-state index is -0.191. The molecule has 1 fully saturated rings. The summed E-state index contributed by atoms with van der Waals surface area (Å²) in [7, 11) is 0. The molecule has 2 heterocycles. The second-order valence-corrected chi connectivity index (χ2v) is 6.17. The summed E-state index contributed by atoms with van der Waals surface area (Å²) < 4.78 is 1.71. The number of amides is 2. The molecule has 0 atom stereocenters. The Morgan fingerprint density at radius 1 is 1.25 bits per heavy atom. The Bertz CT molecular complexity index is 743. The first-order valence-electron chi connectivity index (χ1n) is 8.72. The van der Waals surface area contributed by atoms with Crippen LogP contribution in [-0.2, 0) is 0 Å². The van der Waals surface area contributed by atoms with Gasteiger partial charge in [-0.3, -0.25) is 14.0 Å². The normalized spacial score (nSPS) is 14.9. The Labute approximate surface area is 141 Å². The van der Waals surface area contributed by atoms with Crippen LogP contribution in [0.2, 0.25) is 0 Å². The van der Waals surface area contributed by atoms with Gasteiger partial charge in [-0.25, -0.2) is 4.98 Å². The molecule has 1 saturated carbocycles. The second kappa shape index (κ2) is 7.03. The molecule has 6 nitrogen and oxygen atoms in total. The molecule has 0 spiro atoms. The fourth-order valence-electron chi connectivity index (χ4n) is 3.33. The average molecular weight is 328 g/mol. The molecule has 2 amide bonds. The van der Waals surface area contributed by atoms with Crippen LogP contribution in [-0.4, -0.2) is 45.2 Å². The van der Waals surface area contributed by atoms with Gasteiger partial charge in [0.1, 0.15) is 0 Å². The van der Waals surface area contributed by atoms with E-state index in [1.54, 1.807) is 15.5 Å². The van der Waals surface area contributed by atoms with Crippen LogP contribution in [0.1, 0.15) is 60.6 Å². The van der Waals surface area contributed by atoms with Crippen molar-refractivity contribution in [1.29, 1.82) is 0 Å². The first kappa shape index (κ1) is 16.5. The van der Waals surface area contributed by atoms with Crippen molar-refractivity contribution in [2.75, 3.05) is 13.1 Å². The van der Waals surface area contributed by atoms with Gasteiger partial charge in [0.25, 0.3) is 11.8 Å². The third kappa shape index (κ3) is 3.00. The molecule has 0 radical (unpaired) electrons. The summed E-state index contributed by atoms with van der Waals surface area (Å²) in [5, 5.41) is 3.06. The van der Waals surface area contributed by atoms with E-state index in [9.17, 15) is 9.59 Å². The molecule has 2 aromatic heterocycles. The summed E-state index contributed by atoms with van der Waals surface area (Å²) in [6, 6.07) is 5.75. The summed E-state index contributed by atoms with van der Waals surface area (Å²) in [5.41, 5.74) is 1.00. The van der Waals surface area contributed by atoms with Crippen molar-refractivity contribution in [1.82, 2.24) is 19.6 Å². The van der Waals surface area contributed by atoms with Crippen LogP contribution in [0.4, 0.5) is 0 Å². The zero-order valence-corrected chi connectivity index (χ0v) is 14.3. The molecule has 0 bridgehead atoms. The summed E-state index contributed by atoms with van der Waals surface area (Å²) >= 11 is 0. The lowest BCUT2D eigenvalue weighted by atomic mass is 10.2. The monoisotopic (exact) mass is 328 g/mol. The summed E-state index contributed by atoms with van der Waals surface area (Å²) in [5.74, 6) is -0.0452. The number of nitrogens with one attached hydrogen (secondary N) is 1. The molecule has 0 aromatic carbocycles. The highest BCUT2D eigenvalue weighted by atomic mass is 16.2. The van der Waals surface area contributed by atoms with Gasteiger partial charge in [0.05, 0.1) is 5.52 Å². The van der Waals surface area contributed by atoms with E-state index in [2.05, 4.69) is 10.3 Å². The predicted molar refractivity (Wildman–Crippen MR) is 92.2 cm³/mol. The maximum absolute atomic E-state index is 12.7. The van der Waals surface area contributed by atoms with E-state index in [1.165, 1.54) is 0 Å². The Morgan fingerprint density at radius 3 is 2.62 bits per heavy atom. The van der Waals surface area contributed by atoms with Gasteiger partial charge in [-0.05, 0) is 38.8 Å². The molecule has 1 N–H and O–H groups in total. The highest BCUT2D eigenvalue weighted by Gasteiger charge is 2.25. The van der Waals surface area contributed by atoms with Crippen molar-refractivity contribution in [3.8, 4) is 0 Å². The van der Waals surface area contributed by atoms with E-state index in [4.69, 9.17) is 0 Å². The fourth-order valence-corrected chi connectivity index (χ4v) is 3.33. The average Bonchev–Trinajstić information content (AvgIpc) is 3.23. The van der Waals surface area contributed by atoms with Gasteiger partial charge in [0.2, 0.25) is 5.82 Å². The van der Waals surface area contributed by atoms with Crippen molar-refractivity contribution in [2.24, 2.45) is 0 Å². The summed E-state index contributed by atoms with van der Waals surface area (Å²) in [6.45, 7) is 5.09. The van der Waals surface area contributed by atoms with Crippen LogP contribution >= 0.6 is 0 Å². The fraction of sp³-hybridized carbons (Fsp3) is 0.500. The SMILES string of the molecule is CCN(CC)C(=O)c1nc(C(=O)NC2CCCC2)c2ccccn12. The largest absolute Gasteiger partial charge is 0.348 e. The zero-order valence-electron chi connectivity index (χ0n) is 14.3. The van der Waals surface area contributed by atoms with Crippen molar-refractivity contribution in [2.45, 2.75) is 45.6 Å². The lowest BCUT2D eigenvalue weighted by Crippen LogP contribution is -2.33. The summed E-state index contributed by atoms with van der Waals surface area (Å²) in [4.78, 5) is 31.5. The topological polar surface area (TPSA) is 66.7 Å². The number of pyridine rings is 1. The molecular weight excluding hydrogens is 304 g/mol. The van der Waals surface area contributed by atoms with Crippen molar-refractivity contribution >= 4 is 17.3 Å². The van der Waals surface area contributed by atoms with Crippen LogP contribution in [0, 0.1) is 0 Å². The zero-order chi connectivity index (χ0) is 17.1. The van der Waals surface area contributed by atoms with Gasteiger partial charge in [0, 0.05) is 25.3 Å². The molecule has 2 aromatic rings. The van der Waals surface area contributed by atoms with Gasteiger partial charge in [-0.2, -0.15) is 0 Å². The molecule has 1 aliphatic carbocycles.